The molecule has 0 fully saturated rings. The van der Waals surface area contributed by atoms with Crippen LogP contribution >= 0.6 is 0 Å². The average molecular weight is 386 g/mol. The van der Waals surface area contributed by atoms with Gasteiger partial charge in [0, 0.05) is 46.1 Å². The van der Waals surface area contributed by atoms with Crippen LogP contribution < -0.4 is 16.6 Å². The summed E-state index contributed by atoms with van der Waals surface area (Å²) in [5.41, 5.74) is 0.109. The van der Waals surface area contributed by atoms with Crippen LogP contribution in [0.5, 0.6) is 0 Å². The van der Waals surface area contributed by atoms with Gasteiger partial charge in [0.25, 0.3) is 11.5 Å². The number of fused-ring (bicyclic) bond motifs is 1. The molecule has 0 atom stereocenters. The molecular weight excluding hydrogens is 360 g/mol. The van der Waals surface area contributed by atoms with E-state index in [2.05, 4.69) is 17.2 Å². The first-order valence-corrected chi connectivity index (χ1v) is 9.49. The fourth-order valence-corrected chi connectivity index (χ4v) is 3.34. The van der Waals surface area contributed by atoms with E-state index in [0.29, 0.717) is 29.8 Å². The topological polar surface area (TPSA) is 95.8 Å². The van der Waals surface area contributed by atoms with Gasteiger partial charge >= 0.3 is 5.69 Å². The molecule has 0 aliphatic carbocycles. The molecule has 28 heavy (non-hydrogen) atoms. The second-order valence-electron chi connectivity index (χ2n) is 6.89. The first-order chi connectivity index (χ1) is 13.5. The van der Waals surface area contributed by atoms with Crippen molar-refractivity contribution in [3.05, 3.63) is 51.3 Å². The van der Waals surface area contributed by atoms with E-state index in [1.165, 1.54) is 11.6 Å². The van der Waals surface area contributed by atoms with E-state index < -0.39 is 5.69 Å². The summed E-state index contributed by atoms with van der Waals surface area (Å²) in [5.74, 6) is -0.243. The van der Waals surface area contributed by atoms with E-state index in [9.17, 15) is 14.4 Å². The largest absolute Gasteiger partial charge is 0.351 e. The van der Waals surface area contributed by atoms with Gasteiger partial charge in [0.2, 0.25) is 0 Å². The number of aryl methyl sites for hydroxylation is 3. The maximum Gasteiger partial charge on any atom is 0.332 e. The molecule has 150 valence electrons. The highest BCUT2D eigenvalue weighted by atomic mass is 16.2. The Labute approximate surface area is 162 Å². The zero-order chi connectivity index (χ0) is 20.3. The molecule has 0 aliphatic heterocycles. The van der Waals surface area contributed by atoms with Crippen LogP contribution in [0.15, 0.2) is 34.4 Å². The number of hydrogen-bond acceptors (Lipinski definition) is 4. The fourth-order valence-electron chi connectivity index (χ4n) is 3.34. The van der Waals surface area contributed by atoms with Crippen molar-refractivity contribution in [1.82, 2.24) is 28.6 Å². The van der Waals surface area contributed by atoms with Crippen LogP contribution in [0.25, 0.3) is 11.0 Å². The Hall–Kier alpha value is -3.10. The van der Waals surface area contributed by atoms with Crippen LogP contribution in [-0.4, -0.2) is 35.7 Å². The molecule has 3 heterocycles. The maximum absolute atomic E-state index is 12.8. The summed E-state index contributed by atoms with van der Waals surface area (Å²) < 4.78 is 6.23. The minimum atomic E-state index is -0.402. The molecule has 0 aliphatic rings. The zero-order valence-electron chi connectivity index (χ0n) is 16.5. The minimum Gasteiger partial charge on any atom is -0.351 e. The van der Waals surface area contributed by atoms with E-state index in [1.807, 2.05) is 10.8 Å². The Kier molecular flexibility index (Phi) is 5.81. The van der Waals surface area contributed by atoms with Crippen molar-refractivity contribution in [3.63, 3.8) is 0 Å². The molecule has 1 amide bonds. The smallest absolute Gasteiger partial charge is 0.332 e. The first-order valence-electron chi connectivity index (χ1n) is 9.49. The van der Waals surface area contributed by atoms with Gasteiger partial charge in [0.15, 0.2) is 0 Å². The normalized spacial score (nSPS) is 11.2. The number of rotatable bonds is 8. The summed E-state index contributed by atoms with van der Waals surface area (Å²) in [7, 11) is 3.07. The molecule has 3 aromatic rings. The number of imidazole rings is 1. The highest BCUT2D eigenvalue weighted by molar-refractivity contribution is 5.97. The predicted octanol–water partition coefficient (Wildman–Crippen LogP) is 0.855. The van der Waals surface area contributed by atoms with E-state index in [-0.39, 0.29) is 11.5 Å². The Morgan fingerprint density at radius 1 is 1.14 bits per heavy atom. The van der Waals surface area contributed by atoms with Gasteiger partial charge in [-0.05, 0) is 18.9 Å². The molecule has 3 rings (SSSR count). The van der Waals surface area contributed by atoms with Crippen LogP contribution in [0.4, 0.5) is 0 Å². The van der Waals surface area contributed by atoms with Crippen LogP contribution in [0.1, 0.15) is 36.7 Å². The van der Waals surface area contributed by atoms with Crippen LogP contribution in [0.3, 0.4) is 0 Å². The Morgan fingerprint density at radius 2 is 1.93 bits per heavy atom. The Balaban J connectivity index is 1.89. The Bertz CT molecular complexity index is 1090. The number of aromatic nitrogens is 5. The van der Waals surface area contributed by atoms with Crippen molar-refractivity contribution in [1.29, 1.82) is 0 Å². The van der Waals surface area contributed by atoms with E-state index >= 15 is 0 Å². The number of carbonyl (C=O) groups excluding carboxylic acids is 1. The van der Waals surface area contributed by atoms with Crippen LogP contribution in [0, 0.1) is 0 Å². The second-order valence-corrected chi connectivity index (χ2v) is 6.89. The SMILES string of the molecule is CCCCn1c(C(=O)NCCCn2ccnc2)cc2c(=O)n(C)c(=O)n(C)c21. The van der Waals surface area contributed by atoms with Crippen LogP contribution in [0.2, 0.25) is 0 Å². The molecule has 9 nitrogen and oxygen atoms in total. The number of carbonyl (C=O) groups is 1. The monoisotopic (exact) mass is 386 g/mol. The van der Waals surface area contributed by atoms with Gasteiger partial charge in [-0.1, -0.05) is 13.3 Å². The molecule has 0 bridgehead atoms. The van der Waals surface area contributed by atoms with Gasteiger partial charge in [0.05, 0.1) is 11.7 Å². The van der Waals surface area contributed by atoms with E-state index in [0.717, 1.165) is 30.4 Å². The van der Waals surface area contributed by atoms with Crippen molar-refractivity contribution >= 4 is 16.9 Å². The number of amides is 1. The lowest BCUT2D eigenvalue weighted by Gasteiger charge is -2.13. The summed E-state index contributed by atoms with van der Waals surface area (Å²) >= 11 is 0. The molecule has 3 aromatic heterocycles. The number of unbranched alkanes of at least 4 members (excludes halogenated alkanes) is 1. The van der Waals surface area contributed by atoms with Crippen LogP contribution in [-0.2, 0) is 27.2 Å². The zero-order valence-corrected chi connectivity index (χ0v) is 16.5. The summed E-state index contributed by atoms with van der Waals surface area (Å²) in [5, 5.41) is 3.30. The molecular formula is C19H26N6O3. The highest BCUT2D eigenvalue weighted by Gasteiger charge is 2.20. The van der Waals surface area contributed by atoms with Gasteiger partial charge in [-0.15, -0.1) is 0 Å². The van der Waals surface area contributed by atoms with Gasteiger partial charge in [-0.2, -0.15) is 0 Å². The van der Waals surface area contributed by atoms with E-state index in [4.69, 9.17) is 0 Å². The molecule has 1 N–H and O–H groups in total. The predicted molar refractivity (Wildman–Crippen MR) is 107 cm³/mol. The number of nitrogens with one attached hydrogen (secondary N) is 1. The molecule has 0 saturated carbocycles. The second kappa shape index (κ2) is 8.28. The summed E-state index contributed by atoms with van der Waals surface area (Å²) in [6.07, 6.45) is 7.87. The lowest BCUT2D eigenvalue weighted by atomic mass is 10.3. The Morgan fingerprint density at radius 3 is 2.61 bits per heavy atom. The fraction of sp³-hybridized carbons (Fsp3) is 0.474. The van der Waals surface area contributed by atoms with Crippen molar-refractivity contribution in [2.24, 2.45) is 14.1 Å². The lowest BCUT2D eigenvalue weighted by Crippen LogP contribution is -2.37. The molecule has 0 spiro atoms. The van der Waals surface area contributed by atoms with Crippen molar-refractivity contribution < 1.29 is 4.79 Å². The summed E-state index contributed by atoms with van der Waals surface area (Å²) in [4.78, 5) is 41.7. The summed E-state index contributed by atoms with van der Waals surface area (Å²) in [6.45, 7) is 3.88. The highest BCUT2D eigenvalue weighted by Crippen LogP contribution is 2.17. The molecule has 0 unspecified atom stereocenters. The van der Waals surface area contributed by atoms with Crippen molar-refractivity contribution in [2.75, 3.05) is 6.54 Å². The maximum atomic E-state index is 12.8. The average Bonchev–Trinajstić information content (AvgIpc) is 3.34. The summed E-state index contributed by atoms with van der Waals surface area (Å²) in [6, 6.07) is 1.60. The molecule has 0 aromatic carbocycles. The number of nitrogens with zero attached hydrogens (tertiary/aromatic N) is 5. The van der Waals surface area contributed by atoms with Gasteiger partial charge in [-0.3, -0.25) is 18.7 Å². The van der Waals surface area contributed by atoms with E-state index in [1.54, 1.807) is 30.2 Å². The quantitative estimate of drug-likeness (QED) is 0.581. The molecule has 9 heteroatoms. The number of hydrogen-bond donors (Lipinski definition) is 1. The molecule has 0 radical (unpaired) electrons. The third-order valence-electron chi connectivity index (χ3n) is 4.90. The first kappa shape index (κ1) is 19.7. The third kappa shape index (κ3) is 3.64. The minimum absolute atomic E-state index is 0.243. The van der Waals surface area contributed by atoms with Crippen molar-refractivity contribution in [2.45, 2.75) is 39.3 Å². The van der Waals surface area contributed by atoms with Gasteiger partial charge in [-0.25, -0.2) is 9.78 Å². The standard InChI is InChI=1S/C19H26N6O3/c1-4-5-10-25-15(16(26)21-7-6-9-24-11-8-20-13-24)12-14-17(25)22(2)19(28)23(3)18(14)27/h8,11-13H,4-7,9-10H2,1-3H3,(H,21,26). The third-order valence-corrected chi connectivity index (χ3v) is 4.90. The van der Waals surface area contributed by atoms with Crippen molar-refractivity contribution in [3.8, 4) is 0 Å². The lowest BCUT2D eigenvalue weighted by molar-refractivity contribution is 0.0943. The van der Waals surface area contributed by atoms with Gasteiger partial charge < -0.3 is 14.5 Å². The molecule has 0 saturated heterocycles. The van der Waals surface area contributed by atoms with Gasteiger partial charge in [0.1, 0.15) is 11.3 Å².